The SMILES string of the molecule is Clc1ccccc1-c1nnc(-c2c(Cl)cccc2Cl)o1. The van der Waals surface area contributed by atoms with Gasteiger partial charge in [0.1, 0.15) is 0 Å². The molecule has 6 heteroatoms. The molecule has 0 radical (unpaired) electrons. The Bertz CT molecular complexity index is 750. The van der Waals surface area contributed by atoms with Crippen LogP contribution in [0, 0.1) is 0 Å². The molecule has 100 valence electrons. The molecule has 2 aromatic carbocycles. The lowest BCUT2D eigenvalue weighted by Gasteiger charge is -2.01. The van der Waals surface area contributed by atoms with Gasteiger partial charge in [-0.25, -0.2) is 0 Å². The third-order valence-electron chi connectivity index (χ3n) is 2.71. The van der Waals surface area contributed by atoms with E-state index in [4.69, 9.17) is 39.2 Å². The summed E-state index contributed by atoms with van der Waals surface area (Å²) in [6.45, 7) is 0. The summed E-state index contributed by atoms with van der Waals surface area (Å²) in [5, 5.41) is 9.41. The Morgan fingerprint density at radius 3 is 2.00 bits per heavy atom. The van der Waals surface area contributed by atoms with E-state index in [0.29, 0.717) is 32.1 Å². The quantitative estimate of drug-likeness (QED) is 0.636. The summed E-state index contributed by atoms with van der Waals surface area (Å²) < 4.78 is 5.62. The van der Waals surface area contributed by atoms with Gasteiger partial charge in [0.05, 0.1) is 26.2 Å². The Morgan fingerprint density at radius 1 is 0.700 bits per heavy atom. The van der Waals surface area contributed by atoms with Gasteiger partial charge in [-0.3, -0.25) is 0 Å². The molecule has 0 unspecified atom stereocenters. The van der Waals surface area contributed by atoms with Crippen molar-refractivity contribution in [2.24, 2.45) is 0 Å². The van der Waals surface area contributed by atoms with Gasteiger partial charge < -0.3 is 4.42 Å². The summed E-state index contributed by atoms with van der Waals surface area (Å²) in [4.78, 5) is 0. The van der Waals surface area contributed by atoms with E-state index < -0.39 is 0 Å². The van der Waals surface area contributed by atoms with E-state index in [1.54, 1.807) is 30.3 Å². The summed E-state index contributed by atoms with van der Waals surface area (Å²) in [6, 6.07) is 12.4. The van der Waals surface area contributed by atoms with Crippen molar-refractivity contribution in [1.82, 2.24) is 10.2 Å². The molecular formula is C14H7Cl3N2O. The second-order valence-corrected chi connectivity index (χ2v) is 5.21. The fourth-order valence-electron chi connectivity index (χ4n) is 1.77. The maximum atomic E-state index is 6.11. The Morgan fingerprint density at radius 2 is 1.30 bits per heavy atom. The van der Waals surface area contributed by atoms with Gasteiger partial charge in [0.15, 0.2) is 0 Å². The van der Waals surface area contributed by atoms with E-state index >= 15 is 0 Å². The lowest BCUT2D eigenvalue weighted by molar-refractivity contribution is 0.584. The highest BCUT2D eigenvalue weighted by Gasteiger charge is 2.17. The van der Waals surface area contributed by atoms with E-state index in [1.165, 1.54) is 0 Å². The number of benzene rings is 2. The maximum absolute atomic E-state index is 6.11. The molecule has 0 fully saturated rings. The minimum atomic E-state index is 0.260. The highest BCUT2D eigenvalue weighted by Crippen LogP contribution is 2.35. The molecule has 3 rings (SSSR count). The monoisotopic (exact) mass is 324 g/mol. The third kappa shape index (κ3) is 2.40. The Kier molecular flexibility index (Phi) is 3.66. The zero-order chi connectivity index (χ0) is 14.1. The normalized spacial score (nSPS) is 10.8. The molecule has 0 saturated carbocycles. The van der Waals surface area contributed by atoms with Gasteiger partial charge in [0.2, 0.25) is 5.89 Å². The third-order valence-corrected chi connectivity index (χ3v) is 3.67. The minimum Gasteiger partial charge on any atom is -0.416 e. The molecule has 0 amide bonds. The molecule has 0 saturated heterocycles. The van der Waals surface area contributed by atoms with Crippen molar-refractivity contribution >= 4 is 34.8 Å². The number of aromatic nitrogens is 2. The van der Waals surface area contributed by atoms with Crippen molar-refractivity contribution < 1.29 is 4.42 Å². The number of hydrogen-bond acceptors (Lipinski definition) is 3. The fourth-order valence-corrected chi connectivity index (χ4v) is 2.55. The average Bonchev–Trinajstić information content (AvgIpc) is 2.88. The van der Waals surface area contributed by atoms with Crippen LogP contribution in [-0.4, -0.2) is 10.2 Å². The Labute approximate surface area is 130 Å². The fraction of sp³-hybridized carbons (Fsp3) is 0. The van der Waals surface area contributed by atoms with Crippen molar-refractivity contribution in [3.63, 3.8) is 0 Å². The van der Waals surface area contributed by atoms with Crippen molar-refractivity contribution in [2.75, 3.05) is 0 Å². The molecular weight excluding hydrogens is 319 g/mol. The zero-order valence-electron chi connectivity index (χ0n) is 9.98. The standard InChI is InChI=1S/C14H7Cl3N2O/c15-9-5-2-1-4-8(9)13-18-19-14(20-13)12-10(16)6-3-7-11(12)17/h1-7H. The number of rotatable bonds is 2. The van der Waals surface area contributed by atoms with Crippen LogP contribution in [0.3, 0.4) is 0 Å². The van der Waals surface area contributed by atoms with Gasteiger partial charge in [-0.15, -0.1) is 10.2 Å². The van der Waals surface area contributed by atoms with Gasteiger partial charge in [-0.2, -0.15) is 0 Å². The van der Waals surface area contributed by atoms with Gasteiger partial charge in [0, 0.05) is 0 Å². The van der Waals surface area contributed by atoms with E-state index in [0.717, 1.165) is 0 Å². The summed E-state index contributed by atoms with van der Waals surface area (Å²) in [7, 11) is 0. The van der Waals surface area contributed by atoms with Gasteiger partial charge in [-0.05, 0) is 24.3 Å². The van der Waals surface area contributed by atoms with Crippen LogP contribution in [0.15, 0.2) is 46.9 Å². The first-order valence-electron chi connectivity index (χ1n) is 5.69. The molecule has 0 aliphatic carbocycles. The topological polar surface area (TPSA) is 38.9 Å². The molecule has 0 spiro atoms. The largest absolute Gasteiger partial charge is 0.416 e. The predicted octanol–water partition coefficient (Wildman–Crippen LogP) is 5.36. The van der Waals surface area contributed by atoms with Crippen LogP contribution in [0.2, 0.25) is 15.1 Å². The first-order chi connectivity index (χ1) is 9.66. The summed E-state index contributed by atoms with van der Waals surface area (Å²) in [5.74, 6) is 0.581. The molecule has 1 heterocycles. The summed E-state index contributed by atoms with van der Waals surface area (Å²) in [5.41, 5.74) is 1.18. The first kappa shape index (κ1) is 13.4. The van der Waals surface area contributed by atoms with Crippen LogP contribution in [0.5, 0.6) is 0 Å². The van der Waals surface area contributed by atoms with Crippen molar-refractivity contribution in [2.45, 2.75) is 0 Å². The highest BCUT2D eigenvalue weighted by molar-refractivity contribution is 6.38. The predicted molar refractivity (Wildman–Crippen MR) is 80.2 cm³/mol. The van der Waals surface area contributed by atoms with Gasteiger partial charge in [-0.1, -0.05) is 53.0 Å². The molecule has 3 aromatic rings. The minimum absolute atomic E-state index is 0.260. The van der Waals surface area contributed by atoms with Gasteiger partial charge in [0.25, 0.3) is 5.89 Å². The van der Waals surface area contributed by atoms with E-state index in [9.17, 15) is 0 Å². The smallest absolute Gasteiger partial charge is 0.251 e. The molecule has 0 atom stereocenters. The van der Waals surface area contributed by atoms with Crippen LogP contribution in [0.1, 0.15) is 0 Å². The van der Waals surface area contributed by atoms with Crippen molar-refractivity contribution in [3.05, 3.63) is 57.5 Å². The zero-order valence-corrected chi connectivity index (χ0v) is 12.2. The van der Waals surface area contributed by atoms with Gasteiger partial charge >= 0.3 is 0 Å². The highest BCUT2D eigenvalue weighted by atomic mass is 35.5. The second-order valence-electron chi connectivity index (χ2n) is 3.99. The Balaban J connectivity index is 2.10. The molecule has 0 aliphatic rings. The van der Waals surface area contributed by atoms with Crippen LogP contribution >= 0.6 is 34.8 Å². The van der Waals surface area contributed by atoms with E-state index in [2.05, 4.69) is 10.2 Å². The molecule has 0 N–H and O–H groups in total. The lowest BCUT2D eigenvalue weighted by atomic mass is 10.2. The molecule has 0 bridgehead atoms. The van der Waals surface area contributed by atoms with Crippen molar-refractivity contribution in [3.8, 4) is 22.9 Å². The summed E-state index contributed by atoms with van der Waals surface area (Å²) in [6.07, 6.45) is 0. The molecule has 1 aromatic heterocycles. The summed E-state index contributed by atoms with van der Waals surface area (Å²) >= 11 is 18.3. The maximum Gasteiger partial charge on any atom is 0.251 e. The van der Waals surface area contributed by atoms with E-state index in [1.807, 2.05) is 12.1 Å². The van der Waals surface area contributed by atoms with E-state index in [-0.39, 0.29) is 5.89 Å². The lowest BCUT2D eigenvalue weighted by Crippen LogP contribution is -1.81. The van der Waals surface area contributed by atoms with Crippen LogP contribution in [-0.2, 0) is 0 Å². The second kappa shape index (κ2) is 5.44. The number of halogens is 3. The molecule has 20 heavy (non-hydrogen) atoms. The van der Waals surface area contributed by atoms with Crippen LogP contribution < -0.4 is 0 Å². The van der Waals surface area contributed by atoms with Crippen molar-refractivity contribution in [1.29, 1.82) is 0 Å². The average molecular weight is 326 g/mol. The Hall–Kier alpha value is -1.55. The number of nitrogens with zero attached hydrogens (tertiary/aromatic N) is 2. The molecule has 3 nitrogen and oxygen atoms in total. The molecule has 0 aliphatic heterocycles. The first-order valence-corrected chi connectivity index (χ1v) is 6.83. The van der Waals surface area contributed by atoms with Crippen LogP contribution in [0.4, 0.5) is 0 Å². The number of hydrogen-bond donors (Lipinski definition) is 0. The van der Waals surface area contributed by atoms with Crippen LogP contribution in [0.25, 0.3) is 22.9 Å².